The van der Waals surface area contributed by atoms with E-state index in [0.717, 1.165) is 11.6 Å². The third kappa shape index (κ3) is 2.42. The van der Waals surface area contributed by atoms with Gasteiger partial charge in [0, 0.05) is 6.20 Å². The quantitative estimate of drug-likeness (QED) is 0.768. The molecule has 83 valence electrons. The van der Waals surface area contributed by atoms with Crippen molar-refractivity contribution in [2.45, 2.75) is 12.7 Å². The Bertz CT molecular complexity index is 460. The van der Waals surface area contributed by atoms with E-state index in [-0.39, 0.29) is 0 Å². The highest BCUT2D eigenvalue weighted by atomic mass is 19.4. The first kappa shape index (κ1) is 10.7. The molecule has 1 aromatic carbocycles. The van der Waals surface area contributed by atoms with Crippen LogP contribution in [0.5, 0.6) is 0 Å². The number of hydrogen-bond donors (Lipinski definition) is 0. The molecule has 5 heteroatoms. The third-order valence-corrected chi connectivity index (χ3v) is 2.05. The second-order valence-corrected chi connectivity index (χ2v) is 3.31. The van der Waals surface area contributed by atoms with Gasteiger partial charge in [-0.1, -0.05) is 18.2 Å². The van der Waals surface area contributed by atoms with Crippen molar-refractivity contribution >= 4 is 0 Å². The van der Waals surface area contributed by atoms with E-state index in [9.17, 15) is 13.2 Å². The maximum absolute atomic E-state index is 12.3. The van der Waals surface area contributed by atoms with Gasteiger partial charge in [-0.3, -0.25) is 4.68 Å². The van der Waals surface area contributed by atoms with E-state index in [1.807, 2.05) is 6.07 Å². The lowest BCUT2D eigenvalue weighted by molar-refractivity contribution is -0.141. The highest BCUT2D eigenvalue weighted by Crippen LogP contribution is 2.27. The van der Waals surface area contributed by atoms with E-state index < -0.39 is 11.9 Å². The summed E-state index contributed by atoms with van der Waals surface area (Å²) < 4.78 is 38.0. The van der Waals surface area contributed by atoms with Gasteiger partial charge in [0.15, 0.2) is 5.69 Å². The molecule has 0 unspecified atom stereocenters. The van der Waals surface area contributed by atoms with Crippen LogP contribution in [0.15, 0.2) is 36.5 Å². The molecule has 0 spiro atoms. The first-order valence-corrected chi connectivity index (χ1v) is 4.61. The van der Waals surface area contributed by atoms with E-state index >= 15 is 0 Å². The molecule has 2 aromatic rings. The molecule has 0 saturated carbocycles. The summed E-state index contributed by atoms with van der Waals surface area (Å²) in [7, 11) is 0. The number of halogens is 3. The van der Waals surface area contributed by atoms with E-state index in [2.05, 4.69) is 11.2 Å². The summed E-state index contributed by atoms with van der Waals surface area (Å²) in [5.74, 6) is 0. The van der Waals surface area contributed by atoms with Crippen molar-refractivity contribution in [3.8, 4) is 0 Å². The van der Waals surface area contributed by atoms with E-state index in [4.69, 9.17) is 0 Å². The number of alkyl halides is 3. The molecule has 2 nitrogen and oxygen atoms in total. The Hall–Kier alpha value is -1.78. The Labute approximate surface area is 90.3 Å². The molecule has 0 bridgehead atoms. The Morgan fingerprint density at radius 1 is 1.31 bits per heavy atom. The maximum Gasteiger partial charge on any atom is 0.435 e. The zero-order valence-electron chi connectivity index (χ0n) is 8.20. The minimum absolute atomic E-state index is 0.313. The number of rotatable bonds is 2. The molecular formula is C11H8F3N2. The van der Waals surface area contributed by atoms with Crippen molar-refractivity contribution in [2.24, 2.45) is 0 Å². The van der Waals surface area contributed by atoms with Crippen LogP contribution < -0.4 is 0 Å². The molecule has 1 aromatic heterocycles. The van der Waals surface area contributed by atoms with Crippen LogP contribution >= 0.6 is 0 Å². The highest BCUT2D eigenvalue weighted by Gasteiger charge is 2.33. The van der Waals surface area contributed by atoms with E-state index in [0.29, 0.717) is 6.54 Å². The summed E-state index contributed by atoms with van der Waals surface area (Å²) in [6, 6.07) is 10.9. The van der Waals surface area contributed by atoms with Gasteiger partial charge in [-0.25, -0.2) is 0 Å². The van der Waals surface area contributed by atoms with Crippen LogP contribution in [0.3, 0.4) is 0 Å². The third-order valence-electron chi connectivity index (χ3n) is 2.05. The van der Waals surface area contributed by atoms with Gasteiger partial charge in [0.25, 0.3) is 0 Å². The first-order chi connectivity index (χ1) is 7.55. The second-order valence-electron chi connectivity index (χ2n) is 3.31. The minimum atomic E-state index is -4.38. The fraction of sp³-hybridized carbons (Fsp3) is 0.182. The van der Waals surface area contributed by atoms with Crippen molar-refractivity contribution < 1.29 is 13.2 Å². The van der Waals surface area contributed by atoms with Gasteiger partial charge in [0.05, 0.1) is 6.54 Å². The van der Waals surface area contributed by atoms with Crippen LogP contribution in [0.1, 0.15) is 11.3 Å². The second kappa shape index (κ2) is 4.00. The van der Waals surface area contributed by atoms with Gasteiger partial charge in [-0.2, -0.15) is 18.3 Å². The standard InChI is InChI=1S/C11H8F3N2/c12-11(13,14)10-6-7-16(15-10)8-9-4-2-1-3-5-9/h1-2,4-7H,8H2. The molecule has 0 amide bonds. The highest BCUT2D eigenvalue weighted by molar-refractivity contribution is 5.14. The van der Waals surface area contributed by atoms with Crippen LogP contribution in [0.2, 0.25) is 0 Å². The monoisotopic (exact) mass is 225 g/mol. The van der Waals surface area contributed by atoms with Crippen LogP contribution in [0.25, 0.3) is 0 Å². The molecule has 1 heterocycles. The van der Waals surface area contributed by atoms with Crippen molar-refractivity contribution in [3.63, 3.8) is 0 Å². The summed E-state index contributed by atoms with van der Waals surface area (Å²) in [6.45, 7) is 0.313. The lowest BCUT2D eigenvalue weighted by atomic mass is 10.2. The van der Waals surface area contributed by atoms with E-state index in [1.54, 1.807) is 18.2 Å². The van der Waals surface area contributed by atoms with Crippen molar-refractivity contribution in [1.82, 2.24) is 9.78 Å². The average molecular weight is 225 g/mol. The summed E-state index contributed by atoms with van der Waals surface area (Å²) >= 11 is 0. The number of hydrogen-bond acceptors (Lipinski definition) is 1. The fourth-order valence-corrected chi connectivity index (χ4v) is 1.32. The van der Waals surface area contributed by atoms with Crippen molar-refractivity contribution in [2.75, 3.05) is 0 Å². The first-order valence-electron chi connectivity index (χ1n) is 4.61. The summed E-state index contributed by atoms with van der Waals surface area (Å²) in [6.07, 6.45) is -3.07. The lowest BCUT2D eigenvalue weighted by Crippen LogP contribution is -2.08. The molecule has 0 N–H and O–H groups in total. The van der Waals surface area contributed by atoms with Gasteiger partial charge in [0.1, 0.15) is 0 Å². The van der Waals surface area contributed by atoms with Crippen LogP contribution in [-0.2, 0) is 12.7 Å². The molecular weight excluding hydrogens is 217 g/mol. The zero-order valence-corrected chi connectivity index (χ0v) is 8.20. The molecule has 0 aliphatic carbocycles. The van der Waals surface area contributed by atoms with Crippen LogP contribution in [0, 0.1) is 6.07 Å². The lowest BCUT2D eigenvalue weighted by Gasteiger charge is -2.02. The molecule has 16 heavy (non-hydrogen) atoms. The summed E-state index contributed by atoms with van der Waals surface area (Å²) in [4.78, 5) is 0. The van der Waals surface area contributed by atoms with Gasteiger partial charge < -0.3 is 0 Å². The molecule has 0 atom stereocenters. The molecule has 0 fully saturated rings. The number of nitrogens with zero attached hydrogens (tertiary/aromatic N) is 2. The van der Waals surface area contributed by atoms with Crippen LogP contribution in [0.4, 0.5) is 13.2 Å². The topological polar surface area (TPSA) is 17.8 Å². The largest absolute Gasteiger partial charge is 0.435 e. The maximum atomic E-state index is 12.3. The van der Waals surface area contributed by atoms with Crippen LogP contribution in [-0.4, -0.2) is 9.78 Å². The SMILES string of the molecule is FC(F)(F)c1ccn(Cc2c[c]ccc2)n1. The van der Waals surface area contributed by atoms with Crippen molar-refractivity contribution in [1.29, 1.82) is 0 Å². The molecule has 0 aliphatic rings. The zero-order chi connectivity index (χ0) is 11.6. The molecule has 0 saturated heterocycles. The van der Waals surface area contributed by atoms with Crippen molar-refractivity contribution in [3.05, 3.63) is 53.9 Å². The van der Waals surface area contributed by atoms with Gasteiger partial charge in [0.2, 0.25) is 0 Å². The Morgan fingerprint density at radius 3 is 2.69 bits per heavy atom. The Balaban J connectivity index is 2.15. The van der Waals surface area contributed by atoms with E-state index in [1.165, 1.54) is 10.9 Å². The predicted octanol–water partition coefficient (Wildman–Crippen LogP) is 2.75. The average Bonchev–Trinajstić information content (AvgIpc) is 2.67. The molecule has 1 radical (unpaired) electrons. The van der Waals surface area contributed by atoms with Gasteiger partial charge in [-0.05, 0) is 23.8 Å². The molecule has 0 aliphatic heterocycles. The Kier molecular flexibility index (Phi) is 2.68. The summed E-state index contributed by atoms with van der Waals surface area (Å²) in [5.41, 5.74) is -0.00765. The normalized spacial score (nSPS) is 11.7. The van der Waals surface area contributed by atoms with Gasteiger partial charge >= 0.3 is 6.18 Å². The Morgan fingerprint density at radius 2 is 2.12 bits per heavy atom. The van der Waals surface area contributed by atoms with Gasteiger partial charge in [-0.15, -0.1) is 0 Å². The summed E-state index contributed by atoms with van der Waals surface area (Å²) in [5, 5.41) is 3.45. The number of benzene rings is 1. The number of aromatic nitrogens is 2. The predicted molar refractivity (Wildman–Crippen MR) is 51.6 cm³/mol. The minimum Gasteiger partial charge on any atom is -0.268 e. The fourth-order valence-electron chi connectivity index (χ4n) is 1.32. The smallest absolute Gasteiger partial charge is 0.268 e. The molecule has 2 rings (SSSR count).